The molecular weight excluding hydrogens is 236 g/mol. The molecular formula is C16H18N2O. The Kier molecular flexibility index (Phi) is 3.95. The molecule has 1 aromatic heterocycles. The average Bonchev–Trinajstić information content (AvgIpc) is 2.68. The second kappa shape index (κ2) is 5.65. The van der Waals surface area contributed by atoms with Gasteiger partial charge in [0.1, 0.15) is 0 Å². The predicted molar refractivity (Wildman–Crippen MR) is 76.4 cm³/mol. The molecule has 3 nitrogen and oxygen atoms in total. The fourth-order valence-electron chi connectivity index (χ4n) is 2.20. The molecule has 0 aliphatic rings. The van der Waals surface area contributed by atoms with Crippen LogP contribution in [-0.4, -0.2) is 15.7 Å². The normalized spacial score (nSPS) is 10.4. The van der Waals surface area contributed by atoms with Gasteiger partial charge in [0, 0.05) is 11.3 Å². The summed E-state index contributed by atoms with van der Waals surface area (Å²) in [5, 5.41) is 4.34. The fourth-order valence-corrected chi connectivity index (χ4v) is 2.20. The van der Waals surface area contributed by atoms with E-state index in [2.05, 4.69) is 11.7 Å². The molecule has 2 aromatic rings. The molecule has 1 aromatic carbocycles. The summed E-state index contributed by atoms with van der Waals surface area (Å²) in [7, 11) is 0. The Bertz CT molecular complexity index is 597. The maximum absolute atomic E-state index is 12.3. The lowest BCUT2D eigenvalue weighted by Gasteiger charge is -2.04. The van der Waals surface area contributed by atoms with Crippen LogP contribution in [0.1, 0.15) is 27.3 Å². The first kappa shape index (κ1) is 13.3. The van der Waals surface area contributed by atoms with Gasteiger partial charge in [0.15, 0.2) is 0 Å². The highest BCUT2D eigenvalue weighted by atomic mass is 16.2. The van der Waals surface area contributed by atoms with Crippen LogP contribution in [0.3, 0.4) is 0 Å². The molecule has 0 bridgehead atoms. The van der Waals surface area contributed by atoms with Crippen LogP contribution in [0.25, 0.3) is 0 Å². The van der Waals surface area contributed by atoms with E-state index >= 15 is 0 Å². The number of hydrogen-bond acceptors (Lipinski definition) is 2. The minimum atomic E-state index is 0.00196. The Hall–Kier alpha value is -2.16. The molecule has 98 valence electrons. The number of benzene rings is 1. The van der Waals surface area contributed by atoms with E-state index in [0.29, 0.717) is 6.42 Å². The Morgan fingerprint density at radius 1 is 1.32 bits per heavy atom. The number of hydrogen-bond donors (Lipinski definition) is 0. The Morgan fingerprint density at radius 3 is 2.63 bits per heavy atom. The van der Waals surface area contributed by atoms with Crippen molar-refractivity contribution in [3.8, 4) is 0 Å². The fraction of sp³-hybridized carbons (Fsp3) is 0.250. The highest BCUT2D eigenvalue weighted by molar-refractivity contribution is 5.81. The van der Waals surface area contributed by atoms with Crippen molar-refractivity contribution in [1.82, 2.24) is 9.78 Å². The smallest absolute Gasteiger partial charge is 0.251 e. The van der Waals surface area contributed by atoms with Gasteiger partial charge in [0.25, 0.3) is 5.91 Å². The summed E-state index contributed by atoms with van der Waals surface area (Å²) in [6, 6.07) is 9.72. The standard InChI is InChI=1S/C16H18N2O/c1-4-8-15-12(2)17-18(13(15)3)16(19)11-14-9-6-5-7-10-14/h4-7,9-10H,1,8,11H2,2-3H3. The van der Waals surface area contributed by atoms with Gasteiger partial charge >= 0.3 is 0 Å². The molecule has 0 spiro atoms. The Morgan fingerprint density at radius 2 is 2.00 bits per heavy atom. The lowest BCUT2D eigenvalue weighted by molar-refractivity contribution is 0.0895. The molecule has 0 N–H and O–H groups in total. The van der Waals surface area contributed by atoms with Crippen molar-refractivity contribution in [2.75, 3.05) is 0 Å². The molecule has 19 heavy (non-hydrogen) atoms. The third-order valence-corrected chi connectivity index (χ3v) is 3.22. The molecule has 0 unspecified atom stereocenters. The average molecular weight is 254 g/mol. The molecule has 0 saturated carbocycles. The molecule has 0 atom stereocenters. The number of nitrogens with zero attached hydrogens (tertiary/aromatic N) is 2. The highest BCUT2D eigenvalue weighted by Crippen LogP contribution is 2.15. The van der Waals surface area contributed by atoms with Crippen LogP contribution in [-0.2, 0) is 12.8 Å². The zero-order chi connectivity index (χ0) is 13.8. The van der Waals surface area contributed by atoms with Gasteiger partial charge in [-0.15, -0.1) is 6.58 Å². The quantitative estimate of drug-likeness (QED) is 0.786. The lowest BCUT2D eigenvalue weighted by Crippen LogP contribution is -2.16. The SMILES string of the molecule is C=CCc1c(C)nn(C(=O)Cc2ccccc2)c1C. The molecule has 3 heteroatoms. The van der Waals surface area contributed by atoms with Crippen LogP contribution in [0.4, 0.5) is 0 Å². The molecule has 1 heterocycles. The number of carbonyl (C=O) groups is 1. The summed E-state index contributed by atoms with van der Waals surface area (Å²) in [5.74, 6) is 0.00196. The molecule has 0 aliphatic heterocycles. The van der Waals surface area contributed by atoms with E-state index in [1.165, 1.54) is 4.68 Å². The van der Waals surface area contributed by atoms with Gasteiger partial charge in [0.05, 0.1) is 12.1 Å². The summed E-state index contributed by atoms with van der Waals surface area (Å²) in [6.07, 6.45) is 2.95. The van der Waals surface area contributed by atoms with Crippen molar-refractivity contribution in [3.05, 3.63) is 65.5 Å². The minimum absolute atomic E-state index is 0.00196. The van der Waals surface area contributed by atoms with E-state index in [0.717, 1.165) is 28.9 Å². The zero-order valence-corrected chi connectivity index (χ0v) is 11.4. The van der Waals surface area contributed by atoms with Crippen molar-refractivity contribution >= 4 is 5.91 Å². The van der Waals surface area contributed by atoms with Crippen LogP contribution in [0, 0.1) is 13.8 Å². The van der Waals surface area contributed by atoms with E-state index in [1.54, 1.807) is 0 Å². The molecule has 0 fully saturated rings. The number of aryl methyl sites for hydroxylation is 1. The maximum Gasteiger partial charge on any atom is 0.251 e. The van der Waals surface area contributed by atoms with Gasteiger partial charge in [-0.2, -0.15) is 5.10 Å². The predicted octanol–water partition coefficient (Wildman–Crippen LogP) is 3.11. The van der Waals surface area contributed by atoms with E-state index in [4.69, 9.17) is 0 Å². The first-order chi connectivity index (χ1) is 9.13. The van der Waals surface area contributed by atoms with E-state index in [1.807, 2.05) is 50.3 Å². The third kappa shape index (κ3) is 2.81. The number of rotatable bonds is 4. The molecule has 0 amide bonds. The van der Waals surface area contributed by atoms with Crippen LogP contribution in [0.5, 0.6) is 0 Å². The van der Waals surface area contributed by atoms with Crippen molar-refractivity contribution in [1.29, 1.82) is 0 Å². The molecule has 0 saturated heterocycles. The summed E-state index contributed by atoms with van der Waals surface area (Å²) in [4.78, 5) is 12.3. The Balaban J connectivity index is 2.25. The summed E-state index contributed by atoms with van der Waals surface area (Å²) < 4.78 is 1.52. The van der Waals surface area contributed by atoms with Crippen molar-refractivity contribution in [2.24, 2.45) is 0 Å². The van der Waals surface area contributed by atoms with E-state index < -0.39 is 0 Å². The van der Waals surface area contributed by atoms with Crippen LogP contribution in [0.15, 0.2) is 43.0 Å². The number of aromatic nitrogens is 2. The molecule has 0 radical (unpaired) electrons. The van der Waals surface area contributed by atoms with Crippen molar-refractivity contribution in [2.45, 2.75) is 26.7 Å². The van der Waals surface area contributed by atoms with Crippen LogP contribution >= 0.6 is 0 Å². The van der Waals surface area contributed by atoms with Crippen LogP contribution in [0.2, 0.25) is 0 Å². The first-order valence-electron chi connectivity index (χ1n) is 6.36. The largest absolute Gasteiger partial charge is 0.272 e. The third-order valence-electron chi connectivity index (χ3n) is 3.22. The second-order valence-electron chi connectivity index (χ2n) is 4.61. The lowest BCUT2D eigenvalue weighted by atomic mass is 10.1. The second-order valence-corrected chi connectivity index (χ2v) is 4.61. The molecule has 0 aliphatic carbocycles. The van der Waals surface area contributed by atoms with E-state index in [9.17, 15) is 4.79 Å². The van der Waals surface area contributed by atoms with Crippen LogP contribution < -0.4 is 0 Å². The summed E-state index contributed by atoms with van der Waals surface area (Å²) in [5.41, 5.74) is 3.92. The van der Waals surface area contributed by atoms with Crippen molar-refractivity contribution in [3.63, 3.8) is 0 Å². The summed E-state index contributed by atoms with van der Waals surface area (Å²) in [6.45, 7) is 7.60. The summed E-state index contributed by atoms with van der Waals surface area (Å²) >= 11 is 0. The van der Waals surface area contributed by atoms with Gasteiger partial charge in [-0.3, -0.25) is 4.79 Å². The number of carbonyl (C=O) groups excluding carboxylic acids is 1. The van der Waals surface area contributed by atoms with Crippen molar-refractivity contribution < 1.29 is 4.79 Å². The molecule has 2 rings (SSSR count). The number of allylic oxidation sites excluding steroid dienone is 1. The maximum atomic E-state index is 12.3. The monoisotopic (exact) mass is 254 g/mol. The van der Waals surface area contributed by atoms with Gasteiger partial charge in [-0.25, -0.2) is 4.68 Å². The highest BCUT2D eigenvalue weighted by Gasteiger charge is 2.15. The van der Waals surface area contributed by atoms with Gasteiger partial charge < -0.3 is 0 Å². The minimum Gasteiger partial charge on any atom is -0.272 e. The topological polar surface area (TPSA) is 34.9 Å². The first-order valence-corrected chi connectivity index (χ1v) is 6.36. The zero-order valence-electron chi connectivity index (χ0n) is 11.4. The van der Waals surface area contributed by atoms with E-state index in [-0.39, 0.29) is 5.91 Å². The van der Waals surface area contributed by atoms with Gasteiger partial charge in [-0.1, -0.05) is 36.4 Å². The van der Waals surface area contributed by atoms with Gasteiger partial charge in [-0.05, 0) is 25.8 Å². The van der Waals surface area contributed by atoms with Gasteiger partial charge in [0.2, 0.25) is 0 Å². The Labute approximate surface area is 113 Å².